The largest absolute Gasteiger partial charge is 0.332 e. The van der Waals surface area contributed by atoms with Crippen LogP contribution in [0.25, 0.3) is 33.5 Å². The minimum atomic E-state index is -0.449. The van der Waals surface area contributed by atoms with Crippen molar-refractivity contribution in [1.29, 1.82) is 0 Å². The summed E-state index contributed by atoms with van der Waals surface area (Å²) in [6.45, 7) is 5.20. The Morgan fingerprint density at radius 2 is 1.76 bits per heavy atom. The Hall–Kier alpha value is -3.52. The molecule has 0 unspecified atom stereocenters. The number of nitrogens with zero attached hydrogens (tertiary/aromatic N) is 2. The number of hydrogen-bond donors (Lipinski definition) is 2. The van der Waals surface area contributed by atoms with E-state index in [9.17, 15) is 9.59 Å². The fourth-order valence-corrected chi connectivity index (χ4v) is 5.30. The number of rotatable bonds is 6. The van der Waals surface area contributed by atoms with E-state index in [2.05, 4.69) is 65.4 Å². The van der Waals surface area contributed by atoms with Gasteiger partial charge in [0.05, 0.1) is 5.69 Å². The summed E-state index contributed by atoms with van der Waals surface area (Å²) < 4.78 is 1.49. The van der Waals surface area contributed by atoms with Crippen LogP contribution in [0.4, 0.5) is 0 Å². The number of allylic oxidation sites excluding steroid dienone is 1. The molecule has 0 aliphatic heterocycles. The monoisotopic (exact) mass is 526 g/mol. The maximum Gasteiger partial charge on any atom is 0.332 e. The third-order valence-corrected chi connectivity index (χ3v) is 7.79. The first-order valence-electron chi connectivity index (χ1n) is 13.0. The summed E-state index contributed by atoms with van der Waals surface area (Å²) in [6.07, 6.45) is 7.69. The molecular weight excluding hydrogens is 492 g/mol. The molecule has 0 radical (unpaired) electrons. The third kappa shape index (κ3) is 5.80. The lowest BCUT2D eigenvalue weighted by atomic mass is 9.91. The molecule has 2 aliphatic rings. The number of thiophene rings is 1. The Bertz CT molecular complexity index is 1590. The molecule has 0 bridgehead atoms. The lowest BCUT2D eigenvalue weighted by Crippen LogP contribution is -2.31. The third-order valence-electron chi connectivity index (χ3n) is 7.11. The fourth-order valence-electron chi connectivity index (χ4n) is 4.64. The molecule has 2 aliphatic carbocycles. The number of aromatic amines is 1. The Labute approximate surface area is 227 Å². The minimum absolute atomic E-state index is 0.405. The maximum absolute atomic E-state index is 12.6. The highest BCUT2D eigenvalue weighted by Gasteiger charge is 2.18. The van der Waals surface area contributed by atoms with Gasteiger partial charge in [0.15, 0.2) is 0 Å². The molecule has 0 atom stereocenters. The molecule has 2 aromatic carbocycles. The first-order valence-corrected chi connectivity index (χ1v) is 14.0. The van der Waals surface area contributed by atoms with Crippen molar-refractivity contribution in [3.63, 3.8) is 0 Å². The molecule has 2 heterocycles. The smallest absolute Gasteiger partial charge is 0.274 e. The highest BCUT2D eigenvalue weighted by atomic mass is 32.1. The summed E-state index contributed by atoms with van der Waals surface area (Å²) in [6, 6.07) is 14.1. The van der Waals surface area contributed by atoms with Crippen molar-refractivity contribution < 1.29 is 0 Å². The average molecular weight is 527 g/mol. The Morgan fingerprint density at radius 3 is 2.39 bits per heavy atom. The van der Waals surface area contributed by atoms with Crippen LogP contribution >= 0.6 is 11.3 Å². The van der Waals surface area contributed by atoms with Crippen molar-refractivity contribution in [2.75, 3.05) is 20.6 Å². The predicted octanol–water partition coefficient (Wildman–Crippen LogP) is 5.65. The molecule has 0 saturated heterocycles. The summed E-state index contributed by atoms with van der Waals surface area (Å²) >= 11 is 1.64. The molecule has 6 nitrogen and oxygen atoms in total. The lowest BCUT2D eigenvalue weighted by Gasteiger charge is -2.17. The average Bonchev–Trinajstić information content (AvgIpc) is 3.32. The van der Waals surface area contributed by atoms with Gasteiger partial charge in [0, 0.05) is 32.9 Å². The van der Waals surface area contributed by atoms with E-state index in [1.807, 2.05) is 31.2 Å². The predicted molar refractivity (Wildman–Crippen MR) is 158 cm³/mol. The van der Waals surface area contributed by atoms with Crippen LogP contribution < -0.4 is 16.7 Å². The van der Waals surface area contributed by atoms with E-state index in [1.54, 1.807) is 11.3 Å². The summed E-state index contributed by atoms with van der Waals surface area (Å²) in [5.41, 5.74) is 12.6. The Kier molecular flexibility index (Phi) is 7.61. The van der Waals surface area contributed by atoms with E-state index in [-0.39, 0.29) is 0 Å². The lowest BCUT2D eigenvalue weighted by molar-refractivity contribution is 0.309. The molecule has 196 valence electrons. The van der Waals surface area contributed by atoms with Crippen LogP contribution in [-0.2, 0) is 6.42 Å². The molecule has 2 N–H and O–H groups in total. The number of nitrogens with one attached hydrogen (secondary N) is 2. The number of benzene rings is 2. The van der Waals surface area contributed by atoms with Gasteiger partial charge in [-0.2, -0.15) is 11.3 Å². The van der Waals surface area contributed by atoms with Gasteiger partial charge in [-0.1, -0.05) is 44.0 Å². The molecule has 1 fully saturated rings. The van der Waals surface area contributed by atoms with Crippen molar-refractivity contribution in [2.24, 2.45) is 5.92 Å². The second kappa shape index (κ2) is 11.1. The highest BCUT2D eigenvalue weighted by Crippen LogP contribution is 2.37. The summed E-state index contributed by atoms with van der Waals surface area (Å²) in [5, 5.41) is 6.13. The molecule has 0 spiro atoms. The second-order valence-corrected chi connectivity index (χ2v) is 11.2. The normalized spacial score (nSPS) is 14.2. The van der Waals surface area contributed by atoms with E-state index in [4.69, 9.17) is 0 Å². The van der Waals surface area contributed by atoms with Crippen molar-refractivity contribution in [3.05, 3.63) is 103 Å². The van der Waals surface area contributed by atoms with Crippen LogP contribution in [0.3, 0.4) is 0 Å². The second-order valence-electron chi connectivity index (χ2n) is 10.4. The van der Waals surface area contributed by atoms with Crippen molar-refractivity contribution >= 4 is 16.9 Å². The molecule has 7 heteroatoms. The molecule has 38 heavy (non-hydrogen) atoms. The van der Waals surface area contributed by atoms with Crippen LogP contribution in [0.5, 0.6) is 0 Å². The minimum Gasteiger partial charge on any atom is -0.274 e. The van der Waals surface area contributed by atoms with E-state index in [0.717, 1.165) is 52.4 Å². The number of hydrogen-bond acceptors (Lipinski definition) is 5. The Morgan fingerprint density at radius 1 is 1.03 bits per heavy atom. The fraction of sp³-hybridized carbons (Fsp3) is 0.290. The standard InChI is InChI=1S/C27H26N4O2S.C4H8/c1-17-24(19-6-7-23-18(12-19)4-5-20(23)15-28-30(2)3)13-22(14-25(17)21-9-11-34-16-21)31-10-8-26(32)29-27(31)33;1-4-2-3-4/h5-14,16,28H,4,15H2,1-3H3,(H,29,32,33);4H,2-3H2,1H3. The van der Waals surface area contributed by atoms with Gasteiger partial charge in [0.2, 0.25) is 0 Å². The van der Waals surface area contributed by atoms with Gasteiger partial charge in [-0.3, -0.25) is 24.8 Å². The molecule has 4 aromatic rings. The number of aromatic nitrogens is 2. The van der Waals surface area contributed by atoms with E-state index < -0.39 is 11.2 Å². The zero-order valence-electron chi connectivity index (χ0n) is 22.4. The summed E-state index contributed by atoms with van der Waals surface area (Å²) in [5.74, 6) is 1.08. The van der Waals surface area contributed by atoms with Gasteiger partial charge in [-0.25, -0.2) is 4.79 Å². The summed E-state index contributed by atoms with van der Waals surface area (Å²) in [4.78, 5) is 26.5. The van der Waals surface area contributed by atoms with Gasteiger partial charge < -0.3 is 0 Å². The molecule has 0 amide bonds. The number of H-pyrrole nitrogens is 1. The van der Waals surface area contributed by atoms with E-state index in [1.165, 1.54) is 46.4 Å². The van der Waals surface area contributed by atoms with Gasteiger partial charge in [0.1, 0.15) is 0 Å². The van der Waals surface area contributed by atoms with Gasteiger partial charge in [-0.05, 0) is 92.7 Å². The van der Waals surface area contributed by atoms with Crippen molar-refractivity contribution in [3.8, 4) is 27.9 Å². The zero-order valence-corrected chi connectivity index (χ0v) is 23.2. The van der Waals surface area contributed by atoms with Gasteiger partial charge >= 0.3 is 5.69 Å². The molecule has 2 aromatic heterocycles. The van der Waals surface area contributed by atoms with Crippen LogP contribution in [0.1, 0.15) is 36.5 Å². The first kappa shape index (κ1) is 26.1. The first-order chi connectivity index (χ1) is 18.3. The van der Waals surface area contributed by atoms with E-state index >= 15 is 0 Å². The topological polar surface area (TPSA) is 70.1 Å². The SMILES string of the molecule is CC1CC1.Cc1c(-c2ccsc2)cc(-n2ccc(=O)[nH]c2=O)cc1-c1ccc2c(c1)CC=C2CNN(C)C. The highest BCUT2D eigenvalue weighted by molar-refractivity contribution is 7.08. The van der Waals surface area contributed by atoms with Crippen molar-refractivity contribution in [2.45, 2.75) is 33.1 Å². The Balaban J connectivity index is 0.000000673. The van der Waals surface area contributed by atoms with Crippen LogP contribution in [0.15, 0.2) is 75.1 Å². The van der Waals surface area contributed by atoms with Crippen molar-refractivity contribution in [1.82, 2.24) is 20.0 Å². The number of hydrazine groups is 1. The van der Waals surface area contributed by atoms with Gasteiger partial charge in [-0.15, -0.1) is 0 Å². The number of fused-ring (bicyclic) bond motifs is 1. The van der Waals surface area contributed by atoms with Crippen LogP contribution in [0.2, 0.25) is 0 Å². The molecule has 1 saturated carbocycles. The summed E-state index contributed by atoms with van der Waals surface area (Å²) in [7, 11) is 3.99. The van der Waals surface area contributed by atoms with E-state index in [0.29, 0.717) is 0 Å². The van der Waals surface area contributed by atoms with Gasteiger partial charge in [0.25, 0.3) is 5.56 Å². The quantitative estimate of drug-likeness (QED) is 0.319. The van der Waals surface area contributed by atoms with Crippen LogP contribution in [0, 0.1) is 12.8 Å². The van der Waals surface area contributed by atoms with Crippen LogP contribution in [-0.4, -0.2) is 35.2 Å². The molecular formula is C31H34N4O2S. The molecule has 6 rings (SSSR count). The zero-order chi connectivity index (χ0) is 26.8. The maximum atomic E-state index is 12.6.